The van der Waals surface area contributed by atoms with Gasteiger partial charge in [0.15, 0.2) is 18.3 Å². The van der Waals surface area contributed by atoms with Gasteiger partial charge in [-0.2, -0.15) is 0 Å². The van der Waals surface area contributed by atoms with Crippen LogP contribution in [0.1, 0.15) is 75.7 Å². The Hall–Kier alpha value is -2.80. The van der Waals surface area contributed by atoms with E-state index < -0.39 is 89.5 Å². The number of carbonyl (C=O) groups excluding carboxylic acids is 4. The Kier molecular flexibility index (Phi) is 12.9. The van der Waals surface area contributed by atoms with E-state index in [0.717, 1.165) is 13.8 Å². The van der Waals surface area contributed by atoms with Crippen LogP contribution in [0, 0.1) is 17.8 Å². The lowest BCUT2D eigenvalue weighted by Gasteiger charge is -2.52. The van der Waals surface area contributed by atoms with Crippen molar-refractivity contribution in [2.75, 3.05) is 0 Å². The zero-order valence-electron chi connectivity index (χ0n) is 26.2. The van der Waals surface area contributed by atoms with Crippen LogP contribution >= 0.6 is 0 Å². The molecule has 0 aromatic carbocycles. The molecule has 1 aliphatic rings. The molecule has 0 radical (unpaired) electrons. The summed E-state index contributed by atoms with van der Waals surface area (Å²) >= 11 is 0. The molecule has 0 amide bonds. The average Bonchev–Trinajstić information content (AvgIpc) is 2.86. The first-order valence-corrected chi connectivity index (χ1v) is 14.0. The van der Waals surface area contributed by atoms with E-state index in [9.17, 15) is 39.6 Å². The molecule has 1 fully saturated rings. The highest BCUT2D eigenvalue weighted by Crippen LogP contribution is 2.43. The van der Waals surface area contributed by atoms with Crippen LogP contribution in [0.4, 0.5) is 0 Å². The number of esters is 4. The maximum atomic E-state index is 12.9. The van der Waals surface area contributed by atoms with Gasteiger partial charge in [-0.05, 0) is 40.2 Å². The van der Waals surface area contributed by atoms with Crippen molar-refractivity contribution in [1.82, 2.24) is 0 Å². The lowest BCUT2D eigenvalue weighted by Crippen LogP contribution is -2.70. The third-order valence-electron chi connectivity index (χ3n) is 7.31. The van der Waals surface area contributed by atoms with E-state index >= 15 is 0 Å². The maximum absolute atomic E-state index is 12.9. The lowest BCUT2D eigenvalue weighted by molar-refractivity contribution is -0.262. The SMILES string of the molecule is C=C(C(CC(O)C(C)(C)O)OC(=O)C(C)C)C1C(O)C(OC(=O)C(C)=CC)C(C)(O)C(OC(C)=O)C1OC(=O)C(C)C. The third-order valence-corrected chi connectivity index (χ3v) is 7.31. The van der Waals surface area contributed by atoms with Crippen LogP contribution in [0.15, 0.2) is 23.8 Å². The molecule has 1 aliphatic carbocycles. The Bertz CT molecular complexity index is 1040. The molecule has 8 atom stereocenters. The molecule has 0 saturated heterocycles. The first-order chi connectivity index (χ1) is 19.1. The first kappa shape index (κ1) is 37.2. The van der Waals surface area contributed by atoms with Crippen LogP contribution in [0.5, 0.6) is 0 Å². The number of allylic oxidation sites excluding steroid dienone is 1. The fourth-order valence-electron chi connectivity index (χ4n) is 4.38. The fraction of sp³-hybridized carbons (Fsp3) is 0.733. The summed E-state index contributed by atoms with van der Waals surface area (Å²) in [5.74, 6) is -5.98. The van der Waals surface area contributed by atoms with Gasteiger partial charge in [0.05, 0.1) is 29.5 Å². The van der Waals surface area contributed by atoms with Crippen molar-refractivity contribution in [2.24, 2.45) is 17.8 Å². The molecular formula is C30H48O12. The minimum atomic E-state index is -2.29. The Morgan fingerprint density at radius 2 is 1.50 bits per heavy atom. The number of rotatable bonds is 12. The number of hydrogen-bond donors (Lipinski definition) is 4. The summed E-state index contributed by atoms with van der Waals surface area (Å²) < 4.78 is 22.3. The van der Waals surface area contributed by atoms with Gasteiger partial charge in [0, 0.05) is 18.9 Å². The van der Waals surface area contributed by atoms with Crippen molar-refractivity contribution in [3.8, 4) is 0 Å². The molecule has 12 nitrogen and oxygen atoms in total. The van der Waals surface area contributed by atoms with Gasteiger partial charge < -0.3 is 39.4 Å². The molecule has 0 aromatic rings. The van der Waals surface area contributed by atoms with E-state index in [1.165, 1.54) is 26.8 Å². The van der Waals surface area contributed by atoms with Gasteiger partial charge in [0.2, 0.25) is 0 Å². The molecule has 8 unspecified atom stereocenters. The number of hydrogen-bond acceptors (Lipinski definition) is 12. The lowest BCUT2D eigenvalue weighted by atomic mass is 9.67. The highest BCUT2D eigenvalue weighted by Gasteiger charge is 2.63. The van der Waals surface area contributed by atoms with Gasteiger partial charge in [-0.25, -0.2) is 4.79 Å². The van der Waals surface area contributed by atoms with Crippen LogP contribution in [0.2, 0.25) is 0 Å². The Morgan fingerprint density at radius 3 is 1.93 bits per heavy atom. The first-order valence-electron chi connectivity index (χ1n) is 14.0. The van der Waals surface area contributed by atoms with E-state index in [4.69, 9.17) is 18.9 Å². The Labute approximate surface area is 247 Å². The van der Waals surface area contributed by atoms with Crippen molar-refractivity contribution in [3.63, 3.8) is 0 Å². The van der Waals surface area contributed by atoms with Gasteiger partial charge in [-0.1, -0.05) is 40.3 Å². The van der Waals surface area contributed by atoms with Crippen LogP contribution in [-0.4, -0.2) is 92.1 Å². The number of ether oxygens (including phenoxy) is 4. The highest BCUT2D eigenvalue weighted by atomic mass is 16.6. The molecule has 4 N–H and O–H groups in total. The standard InChI is InChI=1S/C30H48O12/c1-12-16(6)28(36)42-24-22(33)21(17(7)19(40-26(34)14(2)3)13-20(32)29(9,10)37)23(41-27(35)15(4)5)25(30(24,11)38)39-18(8)31/h12,14-15,19-25,32-33,37-38H,7,13H2,1-6,8-11H3. The molecule has 240 valence electrons. The molecule has 42 heavy (non-hydrogen) atoms. The molecule has 0 bridgehead atoms. The van der Waals surface area contributed by atoms with E-state index in [1.807, 2.05) is 0 Å². The predicted molar refractivity (Wildman–Crippen MR) is 150 cm³/mol. The molecule has 0 spiro atoms. The largest absolute Gasteiger partial charge is 0.458 e. The summed E-state index contributed by atoms with van der Waals surface area (Å²) in [5.41, 5.74) is -3.87. The normalized spacial score (nSPS) is 28.1. The molecule has 0 heterocycles. The molecule has 1 saturated carbocycles. The van der Waals surface area contributed by atoms with Crippen LogP contribution < -0.4 is 0 Å². The second-order valence-electron chi connectivity index (χ2n) is 12.2. The van der Waals surface area contributed by atoms with Gasteiger partial charge in [0.1, 0.15) is 17.8 Å². The minimum Gasteiger partial charge on any atom is -0.458 e. The van der Waals surface area contributed by atoms with Crippen molar-refractivity contribution < 1.29 is 58.6 Å². The number of aliphatic hydroxyl groups is 4. The topological polar surface area (TPSA) is 186 Å². The van der Waals surface area contributed by atoms with E-state index in [2.05, 4.69) is 6.58 Å². The van der Waals surface area contributed by atoms with Crippen LogP contribution in [0.25, 0.3) is 0 Å². The Balaban J connectivity index is 3.88. The average molecular weight is 601 g/mol. The van der Waals surface area contributed by atoms with Crippen molar-refractivity contribution in [1.29, 1.82) is 0 Å². The van der Waals surface area contributed by atoms with Crippen LogP contribution in [-0.2, 0) is 38.1 Å². The second-order valence-corrected chi connectivity index (χ2v) is 12.2. The second kappa shape index (κ2) is 14.6. The van der Waals surface area contributed by atoms with E-state index in [0.29, 0.717) is 0 Å². The molecule has 0 aromatic heterocycles. The highest BCUT2D eigenvalue weighted by molar-refractivity contribution is 5.87. The summed E-state index contributed by atoms with van der Waals surface area (Å²) in [4.78, 5) is 50.5. The zero-order chi connectivity index (χ0) is 32.9. The fourth-order valence-corrected chi connectivity index (χ4v) is 4.38. The van der Waals surface area contributed by atoms with Crippen LogP contribution in [0.3, 0.4) is 0 Å². The van der Waals surface area contributed by atoms with Crippen molar-refractivity contribution in [3.05, 3.63) is 23.8 Å². The minimum absolute atomic E-state index is 0.0992. The van der Waals surface area contributed by atoms with Crippen molar-refractivity contribution in [2.45, 2.75) is 123 Å². The summed E-state index contributed by atoms with van der Waals surface area (Å²) in [6, 6.07) is 0. The molecule has 12 heteroatoms. The maximum Gasteiger partial charge on any atom is 0.333 e. The van der Waals surface area contributed by atoms with Gasteiger partial charge in [-0.3, -0.25) is 14.4 Å². The number of aliphatic hydroxyl groups excluding tert-OH is 2. The quantitative estimate of drug-likeness (QED) is 0.110. The predicted octanol–water partition coefficient (Wildman–Crippen LogP) is 1.75. The van der Waals surface area contributed by atoms with Gasteiger partial charge in [0.25, 0.3) is 0 Å². The molecule has 0 aliphatic heterocycles. The summed E-state index contributed by atoms with van der Waals surface area (Å²) in [6.45, 7) is 18.2. The number of carbonyl (C=O) groups is 4. The van der Waals surface area contributed by atoms with Gasteiger partial charge in [-0.15, -0.1) is 0 Å². The van der Waals surface area contributed by atoms with Crippen molar-refractivity contribution >= 4 is 23.9 Å². The Morgan fingerprint density at radius 1 is 0.976 bits per heavy atom. The third kappa shape index (κ3) is 9.10. The molecular weight excluding hydrogens is 552 g/mol. The summed E-state index contributed by atoms with van der Waals surface area (Å²) in [6.07, 6.45) is -8.61. The van der Waals surface area contributed by atoms with Gasteiger partial charge >= 0.3 is 23.9 Å². The zero-order valence-corrected chi connectivity index (χ0v) is 26.2. The summed E-state index contributed by atoms with van der Waals surface area (Å²) in [5, 5.41) is 44.4. The summed E-state index contributed by atoms with van der Waals surface area (Å²) in [7, 11) is 0. The smallest absolute Gasteiger partial charge is 0.333 e. The monoisotopic (exact) mass is 600 g/mol. The van der Waals surface area contributed by atoms with E-state index in [-0.39, 0.29) is 17.6 Å². The van der Waals surface area contributed by atoms with E-state index in [1.54, 1.807) is 34.6 Å². The molecule has 1 rings (SSSR count).